The Morgan fingerprint density at radius 2 is 1.59 bits per heavy atom. The summed E-state index contributed by atoms with van der Waals surface area (Å²) in [5, 5.41) is 16.3. The number of rotatable bonds is 14. The number of primary amides is 1. The van der Waals surface area contributed by atoms with E-state index in [2.05, 4.69) is 28.6 Å². The Hall–Kier alpha value is -1.99. The number of hydrogen-bond donors (Lipinski definition) is 7. The number of aliphatic carboxylic acids is 1. The number of amides is 4. The fourth-order valence-electron chi connectivity index (χ4n) is 2.09. The SMILES string of the molecule is CSCCC(NC(=O)C(C)NC(=O)C(CCC(N)=O)NC(=O)C(N)CS)C(=O)O. The predicted molar refractivity (Wildman–Crippen MR) is 112 cm³/mol. The topological polar surface area (TPSA) is 194 Å². The lowest BCUT2D eigenvalue weighted by Gasteiger charge is -2.23. The van der Waals surface area contributed by atoms with E-state index in [0.29, 0.717) is 5.75 Å². The van der Waals surface area contributed by atoms with E-state index in [-0.39, 0.29) is 25.0 Å². The van der Waals surface area contributed by atoms with Gasteiger partial charge in [0, 0.05) is 12.2 Å². The van der Waals surface area contributed by atoms with Gasteiger partial charge < -0.3 is 32.5 Å². The van der Waals surface area contributed by atoms with E-state index < -0.39 is 53.8 Å². The van der Waals surface area contributed by atoms with Crippen LogP contribution in [-0.2, 0) is 24.0 Å². The van der Waals surface area contributed by atoms with Crippen molar-refractivity contribution in [2.24, 2.45) is 11.5 Å². The molecule has 4 unspecified atom stereocenters. The molecule has 0 spiro atoms. The van der Waals surface area contributed by atoms with E-state index in [1.807, 2.05) is 6.26 Å². The third-order valence-corrected chi connectivity index (χ3v) is 4.86. The highest BCUT2D eigenvalue weighted by Crippen LogP contribution is 2.03. The van der Waals surface area contributed by atoms with Crippen LogP contribution in [0.15, 0.2) is 0 Å². The Labute approximate surface area is 178 Å². The number of carbonyl (C=O) groups is 5. The number of hydrogen-bond acceptors (Lipinski definition) is 8. The molecule has 0 aliphatic heterocycles. The monoisotopic (exact) mass is 451 g/mol. The summed E-state index contributed by atoms with van der Waals surface area (Å²) in [7, 11) is 0. The summed E-state index contributed by atoms with van der Waals surface area (Å²) in [5.74, 6) is -3.35. The van der Waals surface area contributed by atoms with Gasteiger partial charge in [0.1, 0.15) is 18.1 Å². The van der Waals surface area contributed by atoms with E-state index in [1.165, 1.54) is 18.7 Å². The zero-order valence-corrected chi connectivity index (χ0v) is 18.1. The van der Waals surface area contributed by atoms with Crippen molar-refractivity contribution in [3.05, 3.63) is 0 Å². The molecule has 0 aromatic rings. The summed E-state index contributed by atoms with van der Waals surface area (Å²) in [6.07, 6.45) is 1.77. The quantitative estimate of drug-likeness (QED) is 0.145. The van der Waals surface area contributed by atoms with Crippen LogP contribution in [0, 0.1) is 0 Å². The average Bonchev–Trinajstić information content (AvgIpc) is 2.66. The smallest absolute Gasteiger partial charge is 0.326 e. The summed E-state index contributed by atoms with van der Waals surface area (Å²) in [6, 6.07) is -4.28. The lowest BCUT2D eigenvalue weighted by molar-refractivity contribution is -0.142. The molecule has 166 valence electrons. The maximum atomic E-state index is 12.5. The second-order valence-electron chi connectivity index (χ2n) is 6.27. The second-order valence-corrected chi connectivity index (χ2v) is 7.62. The largest absolute Gasteiger partial charge is 0.480 e. The summed E-state index contributed by atoms with van der Waals surface area (Å²) < 4.78 is 0. The van der Waals surface area contributed by atoms with Gasteiger partial charge in [-0.15, -0.1) is 0 Å². The molecule has 0 saturated heterocycles. The summed E-state index contributed by atoms with van der Waals surface area (Å²) >= 11 is 5.34. The van der Waals surface area contributed by atoms with Crippen molar-refractivity contribution in [1.82, 2.24) is 16.0 Å². The van der Waals surface area contributed by atoms with Crippen LogP contribution >= 0.6 is 24.4 Å². The van der Waals surface area contributed by atoms with Crippen molar-refractivity contribution >= 4 is 54.0 Å². The Morgan fingerprint density at radius 1 is 1.00 bits per heavy atom. The fraction of sp³-hybridized carbons (Fsp3) is 0.688. The molecule has 4 amide bonds. The first-order chi connectivity index (χ1) is 13.5. The van der Waals surface area contributed by atoms with Crippen LogP contribution in [0.3, 0.4) is 0 Å². The second kappa shape index (κ2) is 14.1. The standard InChI is InChI=1S/C16H29N5O6S2/c1-8(13(23)21-11(16(26)27)5-6-29-2)19-15(25)10(3-4-12(18)22)20-14(24)9(17)7-28/h8-11,28H,3-7,17H2,1-2H3,(H2,18,22)(H,19,25)(H,20,24)(H,21,23)(H,26,27). The number of thiol groups is 1. The van der Waals surface area contributed by atoms with E-state index >= 15 is 0 Å². The van der Waals surface area contributed by atoms with Gasteiger partial charge in [-0.25, -0.2) is 4.79 Å². The van der Waals surface area contributed by atoms with Crippen LogP contribution in [0.5, 0.6) is 0 Å². The third kappa shape index (κ3) is 10.9. The highest BCUT2D eigenvalue weighted by atomic mass is 32.2. The number of nitrogens with one attached hydrogen (secondary N) is 3. The van der Waals surface area contributed by atoms with Crippen LogP contribution in [0.2, 0.25) is 0 Å². The van der Waals surface area contributed by atoms with Gasteiger partial charge in [0.25, 0.3) is 0 Å². The molecule has 0 aliphatic carbocycles. The van der Waals surface area contributed by atoms with Gasteiger partial charge in [-0.1, -0.05) is 0 Å². The molecule has 0 fully saturated rings. The minimum absolute atomic E-state index is 0.0431. The molecule has 0 saturated carbocycles. The van der Waals surface area contributed by atoms with Crippen molar-refractivity contribution in [2.75, 3.05) is 17.8 Å². The molecule has 0 bridgehead atoms. The van der Waals surface area contributed by atoms with Gasteiger partial charge in [0.15, 0.2) is 0 Å². The first kappa shape index (κ1) is 27.0. The minimum atomic E-state index is -1.18. The highest BCUT2D eigenvalue weighted by Gasteiger charge is 2.28. The molecule has 0 aliphatic rings. The molecule has 8 N–H and O–H groups in total. The Kier molecular flexibility index (Phi) is 13.1. The van der Waals surface area contributed by atoms with Gasteiger partial charge in [-0.3, -0.25) is 19.2 Å². The molecule has 0 heterocycles. The van der Waals surface area contributed by atoms with E-state index in [1.54, 1.807) is 0 Å². The Bertz CT molecular complexity index is 606. The molecule has 0 radical (unpaired) electrons. The van der Waals surface area contributed by atoms with Crippen LogP contribution in [-0.4, -0.2) is 76.6 Å². The number of carboxylic acid groups (broad SMARTS) is 1. The van der Waals surface area contributed by atoms with Gasteiger partial charge in [0.2, 0.25) is 23.6 Å². The summed E-state index contributed by atoms with van der Waals surface area (Å²) in [5.41, 5.74) is 10.6. The molecule has 11 nitrogen and oxygen atoms in total. The molecule has 0 aromatic heterocycles. The molecule has 13 heteroatoms. The number of thioether (sulfide) groups is 1. The van der Waals surface area contributed by atoms with Gasteiger partial charge in [-0.2, -0.15) is 24.4 Å². The lowest BCUT2D eigenvalue weighted by atomic mass is 10.1. The Balaban J connectivity index is 5.01. The average molecular weight is 452 g/mol. The molecular formula is C16H29N5O6S2. The highest BCUT2D eigenvalue weighted by molar-refractivity contribution is 7.98. The molecule has 0 rings (SSSR count). The van der Waals surface area contributed by atoms with Crippen LogP contribution in [0.25, 0.3) is 0 Å². The number of carboxylic acids is 1. The number of carbonyl (C=O) groups excluding carboxylic acids is 4. The molecule has 29 heavy (non-hydrogen) atoms. The normalized spacial score (nSPS) is 14.8. The van der Waals surface area contributed by atoms with Crippen molar-refractivity contribution in [3.63, 3.8) is 0 Å². The maximum absolute atomic E-state index is 12.5. The maximum Gasteiger partial charge on any atom is 0.326 e. The molecule has 0 aromatic carbocycles. The lowest BCUT2D eigenvalue weighted by Crippen LogP contribution is -2.56. The van der Waals surface area contributed by atoms with Crippen molar-refractivity contribution in [1.29, 1.82) is 0 Å². The first-order valence-corrected chi connectivity index (χ1v) is 10.8. The fourth-order valence-corrected chi connectivity index (χ4v) is 2.72. The third-order valence-electron chi connectivity index (χ3n) is 3.82. The van der Waals surface area contributed by atoms with Crippen molar-refractivity contribution in [2.45, 2.75) is 50.4 Å². The molecular weight excluding hydrogens is 422 g/mol. The summed E-state index contributed by atoms with van der Waals surface area (Å²) in [4.78, 5) is 58.9. The van der Waals surface area contributed by atoms with Crippen LogP contribution in [0.4, 0.5) is 0 Å². The summed E-state index contributed by atoms with van der Waals surface area (Å²) in [6.45, 7) is 1.37. The molecule has 4 atom stereocenters. The Morgan fingerprint density at radius 3 is 2.07 bits per heavy atom. The van der Waals surface area contributed by atoms with E-state index in [0.717, 1.165) is 0 Å². The first-order valence-electron chi connectivity index (χ1n) is 8.81. The van der Waals surface area contributed by atoms with Crippen molar-refractivity contribution in [3.8, 4) is 0 Å². The van der Waals surface area contributed by atoms with Gasteiger partial charge >= 0.3 is 5.97 Å². The van der Waals surface area contributed by atoms with Gasteiger partial charge in [-0.05, 0) is 31.8 Å². The van der Waals surface area contributed by atoms with Crippen LogP contribution < -0.4 is 27.4 Å². The number of nitrogens with two attached hydrogens (primary N) is 2. The van der Waals surface area contributed by atoms with Crippen molar-refractivity contribution < 1.29 is 29.1 Å². The van der Waals surface area contributed by atoms with Gasteiger partial charge in [0.05, 0.1) is 6.04 Å². The zero-order valence-electron chi connectivity index (χ0n) is 16.3. The van der Waals surface area contributed by atoms with Crippen LogP contribution in [0.1, 0.15) is 26.2 Å². The van der Waals surface area contributed by atoms with E-state index in [4.69, 9.17) is 11.5 Å². The minimum Gasteiger partial charge on any atom is -0.480 e. The van der Waals surface area contributed by atoms with E-state index in [9.17, 15) is 29.1 Å². The predicted octanol–water partition coefficient (Wildman–Crippen LogP) is -2.18. The zero-order chi connectivity index (χ0) is 22.6.